The van der Waals surface area contributed by atoms with Gasteiger partial charge in [0.05, 0.1) is 18.7 Å². The minimum Gasteiger partial charge on any atom is -0.495 e. The van der Waals surface area contributed by atoms with Crippen LogP contribution in [-0.2, 0) is 0 Å². The van der Waals surface area contributed by atoms with Gasteiger partial charge in [-0.2, -0.15) is 0 Å². The number of nitrogens with zero attached hydrogens (tertiary/aromatic N) is 3. The SMILES string of the molecule is COc1c(C(=O)NCCCCN2CCN(C(c3ccccc3)c3ccccc3)CC2)cnc2ccccc12. The number of hydrogen-bond donors (Lipinski definition) is 1. The van der Waals surface area contributed by atoms with E-state index in [9.17, 15) is 4.79 Å². The lowest BCUT2D eigenvalue weighted by atomic mass is 9.96. The average Bonchev–Trinajstić information content (AvgIpc) is 2.98. The van der Waals surface area contributed by atoms with Gasteiger partial charge in [-0.3, -0.25) is 14.7 Å². The molecule has 1 aromatic heterocycles. The molecule has 196 valence electrons. The Morgan fingerprint density at radius 1 is 0.868 bits per heavy atom. The first-order chi connectivity index (χ1) is 18.7. The molecule has 2 heterocycles. The average molecular weight is 509 g/mol. The number of hydrogen-bond acceptors (Lipinski definition) is 5. The van der Waals surface area contributed by atoms with Crippen LogP contribution in [0.2, 0.25) is 0 Å². The second-order valence-electron chi connectivity index (χ2n) is 9.79. The minimum atomic E-state index is -0.137. The van der Waals surface area contributed by atoms with Crippen molar-refractivity contribution < 1.29 is 9.53 Å². The number of para-hydroxylation sites is 1. The Kier molecular flexibility index (Phi) is 8.64. The maximum Gasteiger partial charge on any atom is 0.256 e. The number of ether oxygens (including phenoxy) is 1. The van der Waals surface area contributed by atoms with Crippen LogP contribution in [0.25, 0.3) is 10.9 Å². The van der Waals surface area contributed by atoms with Gasteiger partial charge in [-0.1, -0.05) is 72.8 Å². The van der Waals surface area contributed by atoms with Gasteiger partial charge < -0.3 is 15.0 Å². The van der Waals surface area contributed by atoms with Crippen LogP contribution in [0.15, 0.2) is 91.1 Å². The number of aromatic nitrogens is 1. The molecule has 1 saturated heterocycles. The van der Waals surface area contributed by atoms with Crippen molar-refractivity contribution in [1.82, 2.24) is 20.1 Å². The summed E-state index contributed by atoms with van der Waals surface area (Å²) in [4.78, 5) is 22.4. The number of carbonyl (C=O) groups is 1. The Labute approximate surface area is 225 Å². The summed E-state index contributed by atoms with van der Waals surface area (Å²) in [5.74, 6) is 0.442. The Balaban J connectivity index is 1.09. The molecule has 0 bridgehead atoms. The molecule has 0 atom stereocenters. The van der Waals surface area contributed by atoms with Crippen LogP contribution in [0.3, 0.4) is 0 Å². The van der Waals surface area contributed by atoms with Crippen LogP contribution >= 0.6 is 0 Å². The fourth-order valence-corrected chi connectivity index (χ4v) is 5.39. The third kappa shape index (κ3) is 6.04. The molecule has 38 heavy (non-hydrogen) atoms. The van der Waals surface area contributed by atoms with Gasteiger partial charge in [0.1, 0.15) is 11.3 Å². The highest BCUT2D eigenvalue weighted by atomic mass is 16.5. The number of benzene rings is 3. The molecule has 1 aliphatic heterocycles. The highest BCUT2D eigenvalue weighted by Gasteiger charge is 2.26. The predicted octanol–water partition coefficient (Wildman–Crippen LogP) is 5.16. The lowest BCUT2D eigenvalue weighted by Gasteiger charge is -2.39. The van der Waals surface area contributed by atoms with Gasteiger partial charge in [0.15, 0.2) is 0 Å². The first-order valence-electron chi connectivity index (χ1n) is 13.5. The van der Waals surface area contributed by atoms with Crippen molar-refractivity contribution in [3.63, 3.8) is 0 Å². The molecule has 4 aromatic rings. The van der Waals surface area contributed by atoms with Gasteiger partial charge in [0.2, 0.25) is 0 Å². The molecule has 1 N–H and O–H groups in total. The molecule has 0 spiro atoms. The topological polar surface area (TPSA) is 57.7 Å². The number of amides is 1. The van der Waals surface area contributed by atoms with Crippen LogP contribution in [0.4, 0.5) is 0 Å². The number of methoxy groups -OCH3 is 1. The summed E-state index contributed by atoms with van der Waals surface area (Å²) in [6.07, 6.45) is 3.59. The molecular formula is C32H36N4O2. The van der Waals surface area contributed by atoms with E-state index in [2.05, 4.69) is 80.8 Å². The normalized spacial score (nSPS) is 14.6. The summed E-state index contributed by atoms with van der Waals surface area (Å²) in [7, 11) is 1.60. The molecule has 0 radical (unpaired) electrons. The smallest absolute Gasteiger partial charge is 0.256 e. The van der Waals surface area contributed by atoms with E-state index in [1.54, 1.807) is 13.3 Å². The molecule has 0 saturated carbocycles. The summed E-state index contributed by atoms with van der Waals surface area (Å²) >= 11 is 0. The van der Waals surface area contributed by atoms with Crippen LogP contribution in [0.5, 0.6) is 5.75 Å². The molecule has 1 fully saturated rings. The standard InChI is InChI=1S/C32H36N4O2/c1-38-31-27-16-8-9-17-29(27)34-24-28(31)32(37)33-18-10-11-19-35-20-22-36(23-21-35)30(25-12-4-2-5-13-25)26-14-6-3-7-15-26/h2-9,12-17,24,30H,10-11,18-23H2,1H3,(H,33,37). The monoisotopic (exact) mass is 508 g/mol. The lowest BCUT2D eigenvalue weighted by molar-refractivity contribution is 0.0946. The largest absolute Gasteiger partial charge is 0.495 e. The van der Waals surface area contributed by atoms with E-state index < -0.39 is 0 Å². The molecule has 0 aliphatic carbocycles. The molecule has 1 amide bonds. The number of nitrogens with one attached hydrogen (secondary N) is 1. The molecule has 1 aliphatic rings. The van der Waals surface area contributed by atoms with Crippen LogP contribution < -0.4 is 10.1 Å². The summed E-state index contributed by atoms with van der Waals surface area (Å²) in [6, 6.07) is 29.6. The van der Waals surface area contributed by atoms with Crippen molar-refractivity contribution in [2.45, 2.75) is 18.9 Å². The lowest BCUT2D eigenvalue weighted by Crippen LogP contribution is -2.48. The van der Waals surface area contributed by atoms with Gasteiger partial charge in [0.25, 0.3) is 5.91 Å². The van der Waals surface area contributed by atoms with E-state index in [1.807, 2.05) is 24.3 Å². The van der Waals surface area contributed by atoms with Crippen molar-refractivity contribution in [2.24, 2.45) is 0 Å². The number of piperazine rings is 1. The van der Waals surface area contributed by atoms with E-state index in [1.165, 1.54) is 11.1 Å². The number of rotatable bonds is 10. The van der Waals surface area contributed by atoms with Crippen molar-refractivity contribution >= 4 is 16.8 Å². The number of fused-ring (bicyclic) bond motifs is 1. The van der Waals surface area contributed by atoms with E-state index >= 15 is 0 Å². The van der Waals surface area contributed by atoms with E-state index in [0.29, 0.717) is 17.9 Å². The third-order valence-electron chi connectivity index (χ3n) is 7.36. The zero-order valence-corrected chi connectivity index (χ0v) is 22.1. The highest BCUT2D eigenvalue weighted by molar-refractivity contribution is 6.02. The summed E-state index contributed by atoms with van der Waals surface area (Å²) < 4.78 is 5.56. The van der Waals surface area contributed by atoms with Gasteiger partial charge in [-0.15, -0.1) is 0 Å². The van der Waals surface area contributed by atoms with Crippen LogP contribution in [-0.4, -0.2) is 67.1 Å². The Morgan fingerprint density at radius 3 is 2.16 bits per heavy atom. The quantitative estimate of drug-likeness (QED) is 0.300. The zero-order valence-electron chi connectivity index (χ0n) is 22.1. The Bertz CT molecular complexity index is 1280. The first-order valence-corrected chi connectivity index (χ1v) is 13.5. The molecule has 6 heteroatoms. The van der Waals surface area contributed by atoms with E-state index in [0.717, 1.165) is 56.5 Å². The maximum atomic E-state index is 12.8. The maximum absolute atomic E-state index is 12.8. The van der Waals surface area contributed by atoms with Gasteiger partial charge in [-0.05, 0) is 42.6 Å². The fraction of sp³-hybridized carbons (Fsp3) is 0.312. The number of carbonyl (C=O) groups excluding carboxylic acids is 1. The molecular weight excluding hydrogens is 472 g/mol. The minimum absolute atomic E-state index is 0.137. The van der Waals surface area contributed by atoms with Crippen molar-refractivity contribution in [1.29, 1.82) is 0 Å². The van der Waals surface area contributed by atoms with Crippen molar-refractivity contribution in [3.05, 3.63) is 108 Å². The second kappa shape index (κ2) is 12.7. The molecule has 5 rings (SSSR count). The van der Waals surface area contributed by atoms with Crippen LogP contribution in [0, 0.1) is 0 Å². The predicted molar refractivity (Wildman–Crippen MR) is 153 cm³/mol. The summed E-state index contributed by atoms with van der Waals surface area (Å²) in [6.45, 7) is 5.88. The molecule has 3 aromatic carbocycles. The number of pyridine rings is 1. The fourth-order valence-electron chi connectivity index (χ4n) is 5.39. The highest BCUT2D eigenvalue weighted by Crippen LogP contribution is 2.30. The van der Waals surface area contributed by atoms with Crippen molar-refractivity contribution in [3.8, 4) is 5.75 Å². The summed E-state index contributed by atoms with van der Waals surface area (Å²) in [5, 5.41) is 3.90. The van der Waals surface area contributed by atoms with Gasteiger partial charge in [-0.25, -0.2) is 0 Å². The van der Waals surface area contributed by atoms with E-state index in [4.69, 9.17) is 4.74 Å². The summed E-state index contributed by atoms with van der Waals surface area (Å²) in [5.41, 5.74) is 4.00. The van der Waals surface area contributed by atoms with E-state index in [-0.39, 0.29) is 11.9 Å². The number of unbranched alkanes of at least 4 members (excludes halogenated alkanes) is 1. The van der Waals surface area contributed by atoms with Crippen molar-refractivity contribution in [2.75, 3.05) is 46.4 Å². The molecule has 0 unspecified atom stereocenters. The third-order valence-corrected chi connectivity index (χ3v) is 7.36. The van der Waals surface area contributed by atoms with Crippen LogP contribution in [0.1, 0.15) is 40.4 Å². The Hall–Kier alpha value is -3.74. The van der Waals surface area contributed by atoms with Gasteiger partial charge in [0, 0.05) is 44.3 Å². The second-order valence-corrected chi connectivity index (χ2v) is 9.79. The Morgan fingerprint density at radius 2 is 1.50 bits per heavy atom. The first kappa shape index (κ1) is 25.9. The zero-order chi connectivity index (χ0) is 26.2. The van der Waals surface area contributed by atoms with Gasteiger partial charge >= 0.3 is 0 Å². The molecule has 6 nitrogen and oxygen atoms in total.